The highest BCUT2D eigenvalue weighted by Crippen LogP contribution is 2.37. The number of carbonyl (C=O) groups is 2. The van der Waals surface area contributed by atoms with Gasteiger partial charge in [0.05, 0.1) is 45.3 Å². The van der Waals surface area contributed by atoms with Crippen molar-refractivity contribution in [2.24, 2.45) is 0 Å². The summed E-state index contributed by atoms with van der Waals surface area (Å²) in [5, 5.41) is 0. The summed E-state index contributed by atoms with van der Waals surface area (Å²) >= 11 is 0. The van der Waals surface area contributed by atoms with Crippen molar-refractivity contribution in [3.63, 3.8) is 0 Å². The van der Waals surface area contributed by atoms with Gasteiger partial charge in [-0.3, -0.25) is 4.79 Å². The second-order valence-corrected chi connectivity index (χ2v) is 6.06. The van der Waals surface area contributed by atoms with E-state index >= 15 is 0 Å². The van der Waals surface area contributed by atoms with Crippen LogP contribution in [0.15, 0.2) is 57.9 Å². The smallest absolute Gasteiger partial charge is 0.340 e. The maximum absolute atomic E-state index is 13.1. The molecule has 1 aliphatic rings. The fourth-order valence-electron chi connectivity index (χ4n) is 3.16. The summed E-state index contributed by atoms with van der Waals surface area (Å²) in [6.45, 7) is 1.92. The first-order valence-corrected chi connectivity index (χ1v) is 8.58. The van der Waals surface area contributed by atoms with Crippen LogP contribution in [0.4, 0.5) is 0 Å². The second-order valence-electron chi connectivity index (χ2n) is 6.06. The minimum atomic E-state index is -0.582. The molecule has 1 amide bonds. The molecule has 0 saturated heterocycles. The lowest BCUT2D eigenvalue weighted by Gasteiger charge is -2.16. The van der Waals surface area contributed by atoms with Gasteiger partial charge in [0.15, 0.2) is 11.5 Å². The predicted octanol–water partition coefficient (Wildman–Crippen LogP) is 3.17. The molecule has 7 nitrogen and oxygen atoms in total. The Morgan fingerprint density at radius 1 is 1.14 bits per heavy atom. The van der Waals surface area contributed by atoms with Crippen molar-refractivity contribution >= 4 is 18.0 Å². The summed E-state index contributed by atoms with van der Waals surface area (Å²) in [7, 11) is 4.33. The Morgan fingerprint density at radius 2 is 1.93 bits per heavy atom. The van der Waals surface area contributed by atoms with Crippen LogP contribution < -0.4 is 9.47 Å². The Kier molecular flexibility index (Phi) is 5.54. The zero-order valence-electron chi connectivity index (χ0n) is 16.1. The first-order valence-electron chi connectivity index (χ1n) is 8.58. The summed E-state index contributed by atoms with van der Waals surface area (Å²) in [5.41, 5.74) is 1.55. The minimum absolute atomic E-state index is 0.212. The number of nitrogens with zero attached hydrogens (tertiary/aromatic N) is 1. The minimum Gasteiger partial charge on any atom is -0.493 e. The van der Waals surface area contributed by atoms with Crippen molar-refractivity contribution in [2.45, 2.75) is 13.5 Å². The quantitative estimate of drug-likeness (QED) is 0.563. The Balaban J connectivity index is 2.10. The number of allylic oxidation sites excluding steroid dienone is 1. The number of benzene rings is 1. The monoisotopic (exact) mass is 383 g/mol. The van der Waals surface area contributed by atoms with Crippen LogP contribution in [0, 0.1) is 0 Å². The van der Waals surface area contributed by atoms with Crippen LogP contribution in [0.5, 0.6) is 11.5 Å². The normalized spacial score (nSPS) is 15.4. The molecule has 146 valence electrons. The van der Waals surface area contributed by atoms with E-state index < -0.39 is 5.97 Å². The molecular weight excluding hydrogens is 362 g/mol. The largest absolute Gasteiger partial charge is 0.493 e. The number of rotatable bonds is 6. The fourth-order valence-corrected chi connectivity index (χ4v) is 3.16. The molecule has 1 aromatic carbocycles. The third-order valence-corrected chi connectivity index (χ3v) is 4.53. The van der Waals surface area contributed by atoms with E-state index in [4.69, 9.17) is 18.6 Å². The topological polar surface area (TPSA) is 78.2 Å². The molecule has 0 aliphatic carbocycles. The van der Waals surface area contributed by atoms with E-state index in [0.29, 0.717) is 28.5 Å². The van der Waals surface area contributed by atoms with Gasteiger partial charge in [-0.05, 0) is 31.2 Å². The highest BCUT2D eigenvalue weighted by molar-refractivity contribution is 6.16. The maximum atomic E-state index is 13.1. The zero-order valence-corrected chi connectivity index (χ0v) is 16.1. The van der Waals surface area contributed by atoms with E-state index in [9.17, 15) is 9.59 Å². The average Bonchev–Trinajstić information content (AvgIpc) is 3.30. The van der Waals surface area contributed by atoms with E-state index in [2.05, 4.69) is 0 Å². The molecule has 2 aromatic rings. The standard InChI is InChI=1S/C21H21NO6/c1-13-18(21(24)27-4)16(20(23)22(13)12-15-8-6-10-28-15)11-14-7-5-9-17(25-2)19(14)26-3/h5-11H,12H2,1-4H3/b16-11-. The number of para-hydroxylation sites is 1. The van der Waals surface area contributed by atoms with Gasteiger partial charge in [0.2, 0.25) is 0 Å². The molecule has 28 heavy (non-hydrogen) atoms. The predicted molar refractivity (Wildman–Crippen MR) is 101 cm³/mol. The number of carbonyl (C=O) groups excluding carboxylic acids is 2. The van der Waals surface area contributed by atoms with Gasteiger partial charge in [-0.15, -0.1) is 0 Å². The summed E-state index contributed by atoms with van der Waals surface area (Å²) in [6, 6.07) is 8.82. The van der Waals surface area contributed by atoms with Gasteiger partial charge in [-0.25, -0.2) is 4.79 Å². The van der Waals surface area contributed by atoms with Gasteiger partial charge in [0, 0.05) is 11.3 Å². The maximum Gasteiger partial charge on any atom is 0.340 e. The van der Waals surface area contributed by atoms with Crippen molar-refractivity contribution in [2.75, 3.05) is 21.3 Å². The lowest BCUT2D eigenvalue weighted by atomic mass is 10.0. The van der Waals surface area contributed by atoms with E-state index in [-0.39, 0.29) is 23.6 Å². The van der Waals surface area contributed by atoms with E-state index in [1.54, 1.807) is 43.3 Å². The summed E-state index contributed by atoms with van der Waals surface area (Å²) < 4.78 is 21.0. The van der Waals surface area contributed by atoms with E-state index in [1.807, 2.05) is 0 Å². The molecule has 0 saturated carbocycles. The summed E-state index contributed by atoms with van der Waals surface area (Å²) in [6.07, 6.45) is 3.15. The van der Waals surface area contributed by atoms with Crippen LogP contribution in [0.25, 0.3) is 6.08 Å². The molecule has 7 heteroatoms. The Morgan fingerprint density at radius 3 is 2.54 bits per heavy atom. The zero-order chi connectivity index (χ0) is 20.3. The number of hydrogen-bond donors (Lipinski definition) is 0. The average molecular weight is 383 g/mol. The lowest BCUT2D eigenvalue weighted by molar-refractivity contribution is -0.136. The molecular formula is C21H21NO6. The lowest BCUT2D eigenvalue weighted by Crippen LogP contribution is -2.24. The number of amides is 1. The van der Waals surface area contributed by atoms with Crippen molar-refractivity contribution in [3.8, 4) is 11.5 Å². The second kappa shape index (κ2) is 8.04. The van der Waals surface area contributed by atoms with Gasteiger partial charge in [0.25, 0.3) is 5.91 Å². The first-order chi connectivity index (χ1) is 13.5. The number of furan rings is 1. The molecule has 0 unspecified atom stereocenters. The van der Waals surface area contributed by atoms with Gasteiger partial charge in [-0.2, -0.15) is 0 Å². The van der Waals surface area contributed by atoms with Crippen molar-refractivity contribution in [1.29, 1.82) is 0 Å². The van der Waals surface area contributed by atoms with E-state index in [0.717, 1.165) is 0 Å². The molecule has 0 N–H and O–H groups in total. The summed E-state index contributed by atoms with van der Waals surface area (Å²) in [5.74, 6) is 0.698. The number of hydrogen-bond acceptors (Lipinski definition) is 6. The molecule has 0 atom stereocenters. The van der Waals surface area contributed by atoms with Crippen molar-refractivity contribution in [3.05, 3.63) is 64.8 Å². The van der Waals surface area contributed by atoms with Crippen LogP contribution in [0.2, 0.25) is 0 Å². The highest BCUT2D eigenvalue weighted by Gasteiger charge is 2.37. The fraction of sp³-hybridized carbons (Fsp3) is 0.238. The molecule has 1 aromatic heterocycles. The van der Waals surface area contributed by atoms with Crippen molar-refractivity contribution < 1.29 is 28.2 Å². The third-order valence-electron chi connectivity index (χ3n) is 4.53. The van der Waals surface area contributed by atoms with Crippen LogP contribution in [0.1, 0.15) is 18.2 Å². The van der Waals surface area contributed by atoms with E-state index in [1.165, 1.54) is 32.5 Å². The number of methoxy groups -OCH3 is 3. The van der Waals surface area contributed by atoms with Gasteiger partial charge >= 0.3 is 5.97 Å². The SMILES string of the molecule is COC(=O)C1=C(C)N(Cc2ccco2)C(=O)/C1=C\c1cccc(OC)c1OC. The van der Waals surface area contributed by atoms with Gasteiger partial charge < -0.3 is 23.5 Å². The van der Waals surface area contributed by atoms with Gasteiger partial charge in [0.1, 0.15) is 5.76 Å². The third kappa shape index (κ3) is 3.38. The van der Waals surface area contributed by atoms with Crippen molar-refractivity contribution in [1.82, 2.24) is 4.90 Å². The number of ether oxygens (including phenoxy) is 3. The molecule has 2 heterocycles. The highest BCUT2D eigenvalue weighted by atomic mass is 16.5. The molecule has 3 rings (SSSR count). The first kappa shape index (κ1) is 19.3. The molecule has 0 radical (unpaired) electrons. The summed E-state index contributed by atoms with van der Waals surface area (Å²) in [4.78, 5) is 27.0. The molecule has 0 fully saturated rings. The number of esters is 1. The van der Waals surface area contributed by atoms with Crippen LogP contribution in [-0.2, 0) is 20.9 Å². The Hall–Kier alpha value is -3.48. The Labute approximate surface area is 162 Å². The molecule has 1 aliphatic heterocycles. The Bertz CT molecular complexity index is 955. The van der Waals surface area contributed by atoms with Crippen LogP contribution in [-0.4, -0.2) is 38.1 Å². The van der Waals surface area contributed by atoms with Gasteiger partial charge in [-0.1, -0.05) is 12.1 Å². The van der Waals surface area contributed by atoms with Crippen LogP contribution in [0.3, 0.4) is 0 Å². The molecule has 0 spiro atoms. The van der Waals surface area contributed by atoms with Crippen LogP contribution >= 0.6 is 0 Å². The molecule has 0 bridgehead atoms.